The van der Waals surface area contributed by atoms with E-state index in [9.17, 15) is 0 Å². The molecule has 3 aromatic rings. The summed E-state index contributed by atoms with van der Waals surface area (Å²) in [7, 11) is 2.20. The Bertz CT molecular complexity index is 817. The zero-order chi connectivity index (χ0) is 15.1. The molecule has 2 nitrogen and oxygen atoms in total. The predicted molar refractivity (Wildman–Crippen MR) is 93.6 cm³/mol. The Morgan fingerprint density at radius 2 is 1.91 bits per heavy atom. The third kappa shape index (κ3) is 2.44. The van der Waals surface area contributed by atoms with E-state index in [2.05, 4.69) is 66.3 Å². The zero-order valence-corrected chi connectivity index (χ0v) is 13.8. The van der Waals surface area contributed by atoms with Crippen LogP contribution >= 0.6 is 11.8 Å². The fraction of sp³-hybridized carbons (Fsp3) is 0.263. The number of para-hydroxylation sites is 1. The van der Waals surface area contributed by atoms with Gasteiger partial charge in [0, 0.05) is 40.4 Å². The van der Waals surface area contributed by atoms with Gasteiger partial charge in [-0.05, 0) is 37.7 Å². The van der Waals surface area contributed by atoms with Crippen molar-refractivity contribution < 1.29 is 0 Å². The number of hydrogen-bond donors (Lipinski definition) is 1. The monoisotopic (exact) mass is 308 g/mol. The molecule has 0 spiro atoms. The maximum Gasteiger partial charge on any atom is 0.0601 e. The number of aromatic amines is 1. The van der Waals surface area contributed by atoms with Crippen molar-refractivity contribution in [3.05, 3.63) is 59.3 Å². The average molecular weight is 308 g/mol. The molecule has 0 unspecified atom stereocenters. The Morgan fingerprint density at radius 3 is 2.73 bits per heavy atom. The highest BCUT2D eigenvalue weighted by Crippen LogP contribution is 2.36. The molecule has 0 saturated carbocycles. The lowest BCUT2D eigenvalue weighted by molar-refractivity contribution is 0.313. The Hall–Kier alpha value is -1.71. The minimum atomic E-state index is 1.05. The van der Waals surface area contributed by atoms with Gasteiger partial charge in [-0.25, -0.2) is 0 Å². The SMILES string of the molecule is Cc1ccc(Sc2cccc3c4c([nH]c23)CCN(C)C4)cc1. The normalized spacial score (nSPS) is 15.2. The van der Waals surface area contributed by atoms with E-state index in [0.717, 1.165) is 19.5 Å². The van der Waals surface area contributed by atoms with Crippen LogP contribution in [0.1, 0.15) is 16.8 Å². The lowest BCUT2D eigenvalue weighted by Gasteiger charge is -2.22. The van der Waals surface area contributed by atoms with Gasteiger partial charge < -0.3 is 9.88 Å². The van der Waals surface area contributed by atoms with Crippen LogP contribution in [0.15, 0.2) is 52.3 Å². The van der Waals surface area contributed by atoms with Crippen LogP contribution in [0.3, 0.4) is 0 Å². The van der Waals surface area contributed by atoms with Gasteiger partial charge in [-0.1, -0.05) is 41.6 Å². The van der Waals surface area contributed by atoms with Gasteiger partial charge >= 0.3 is 0 Å². The molecule has 0 amide bonds. The van der Waals surface area contributed by atoms with Crippen LogP contribution in [-0.2, 0) is 13.0 Å². The zero-order valence-electron chi connectivity index (χ0n) is 13.0. The second-order valence-electron chi connectivity index (χ2n) is 6.16. The lowest BCUT2D eigenvalue weighted by atomic mass is 10.1. The Balaban J connectivity index is 1.77. The molecule has 0 aliphatic carbocycles. The van der Waals surface area contributed by atoms with Gasteiger partial charge in [0.1, 0.15) is 0 Å². The van der Waals surface area contributed by atoms with E-state index in [4.69, 9.17) is 0 Å². The first-order chi connectivity index (χ1) is 10.7. The number of benzene rings is 2. The second-order valence-corrected chi connectivity index (χ2v) is 7.28. The molecule has 112 valence electrons. The average Bonchev–Trinajstić information content (AvgIpc) is 2.89. The summed E-state index contributed by atoms with van der Waals surface area (Å²) in [6.07, 6.45) is 1.12. The van der Waals surface area contributed by atoms with E-state index < -0.39 is 0 Å². The minimum absolute atomic E-state index is 1.05. The van der Waals surface area contributed by atoms with Crippen LogP contribution in [0.25, 0.3) is 10.9 Å². The highest BCUT2D eigenvalue weighted by molar-refractivity contribution is 7.99. The van der Waals surface area contributed by atoms with Crippen molar-refractivity contribution in [2.75, 3.05) is 13.6 Å². The van der Waals surface area contributed by atoms with Crippen molar-refractivity contribution in [2.24, 2.45) is 0 Å². The third-order valence-electron chi connectivity index (χ3n) is 4.41. The topological polar surface area (TPSA) is 19.0 Å². The van der Waals surface area contributed by atoms with Gasteiger partial charge in [0.15, 0.2) is 0 Å². The maximum absolute atomic E-state index is 3.69. The molecule has 3 heteroatoms. The van der Waals surface area contributed by atoms with Crippen LogP contribution < -0.4 is 0 Å². The van der Waals surface area contributed by atoms with Crippen molar-refractivity contribution in [1.29, 1.82) is 0 Å². The molecule has 0 fully saturated rings. The highest BCUT2D eigenvalue weighted by atomic mass is 32.2. The Kier molecular flexibility index (Phi) is 3.47. The molecule has 1 aliphatic rings. The van der Waals surface area contributed by atoms with Crippen molar-refractivity contribution in [3.8, 4) is 0 Å². The number of nitrogens with zero attached hydrogens (tertiary/aromatic N) is 1. The van der Waals surface area contributed by atoms with Crippen LogP contribution in [0.2, 0.25) is 0 Å². The van der Waals surface area contributed by atoms with E-state index in [-0.39, 0.29) is 0 Å². The molecule has 0 bridgehead atoms. The van der Waals surface area contributed by atoms with Crippen LogP contribution in [0.4, 0.5) is 0 Å². The number of aryl methyl sites for hydroxylation is 1. The Morgan fingerprint density at radius 1 is 1.09 bits per heavy atom. The molecule has 0 atom stereocenters. The molecule has 1 aromatic heterocycles. The number of hydrogen-bond acceptors (Lipinski definition) is 2. The molecule has 0 radical (unpaired) electrons. The van der Waals surface area contributed by atoms with E-state index in [1.807, 2.05) is 11.8 Å². The first-order valence-electron chi connectivity index (χ1n) is 7.76. The van der Waals surface area contributed by atoms with E-state index in [0.29, 0.717) is 0 Å². The first-order valence-corrected chi connectivity index (χ1v) is 8.58. The number of nitrogens with one attached hydrogen (secondary N) is 1. The van der Waals surface area contributed by atoms with Crippen molar-refractivity contribution in [3.63, 3.8) is 0 Å². The molecule has 2 heterocycles. The van der Waals surface area contributed by atoms with Crippen LogP contribution in [0, 0.1) is 6.92 Å². The van der Waals surface area contributed by atoms with Crippen molar-refractivity contribution >= 4 is 22.7 Å². The van der Waals surface area contributed by atoms with Gasteiger partial charge in [-0.3, -0.25) is 0 Å². The second kappa shape index (κ2) is 5.49. The van der Waals surface area contributed by atoms with Crippen molar-refractivity contribution in [1.82, 2.24) is 9.88 Å². The summed E-state index contributed by atoms with van der Waals surface area (Å²) >= 11 is 1.85. The number of rotatable bonds is 2. The standard InChI is InChI=1S/C19H20N2S/c1-13-6-8-14(9-7-13)22-18-5-3-4-15-16-12-21(2)11-10-17(16)20-19(15)18/h3-9,20H,10-12H2,1-2H3. The summed E-state index contributed by atoms with van der Waals surface area (Å²) in [6.45, 7) is 4.32. The molecular formula is C19H20N2S. The van der Waals surface area contributed by atoms with E-state index in [1.165, 1.54) is 37.5 Å². The van der Waals surface area contributed by atoms with Gasteiger partial charge in [-0.2, -0.15) is 0 Å². The number of fused-ring (bicyclic) bond motifs is 3. The highest BCUT2D eigenvalue weighted by Gasteiger charge is 2.19. The largest absolute Gasteiger partial charge is 0.357 e. The van der Waals surface area contributed by atoms with Crippen molar-refractivity contribution in [2.45, 2.75) is 29.7 Å². The minimum Gasteiger partial charge on any atom is -0.357 e. The summed E-state index contributed by atoms with van der Waals surface area (Å²) in [5.41, 5.74) is 5.51. The van der Waals surface area contributed by atoms with Gasteiger partial charge in [0.2, 0.25) is 0 Å². The summed E-state index contributed by atoms with van der Waals surface area (Å²) in [5.74, 6) is 0. The maximum atomic E-state index is 3.69. The number of H-pyrrole nitrogens is 1. The molecule has 2 aromatic carbocycles. The van der Waals surface area contributed by atoms with E-state index >= 15 is 0 Å². The van der Waals surface area contributed by atoms with Crippen LogP contribution in [-0.4, -0.2) is 23.5 Å². The first kappa shape index (κ1) is 13.9. The van der Waals surface area contributed by atoms with Gasteiger partial charge in [0.25, 0.3) is 0 Å². The van der Waals surface area contributed by atoms with Crippen LogP contribution in [0.5, 0.6) is 0 Å². The molecular weight excluding hydrogens is 288 g/mol. The summed E-state index contributed by atoms with van der Waals surface area (Å²) in [6, 6.07) is 15.4. The molecule has 1 aliphatic heterocycles. The smallest absolute Gasteiger partial charge is 0.0601 e. The summed E-state index contributed by atoms with van der Waals surface area (Å²) in [5, 5.41) is 1.39. The fourth-order valence-corrected chi connectivity index (χ4v) is 4.10. The summed E-state index contributed by atoms with van der Waals surface area (Å²) < 4.78 is 0. The predicted octanol–water partition coefficient (Wildman–Crippen LogP) is 4.62. The van der Waals surface area contributed by atoms with E-state index in [1.54, 1.807) is 0 Å². The quantitative estimate of drug-likeness (QED) is 0.745. The number of likely N-dealkylation sites (N-methyl/N-ethyl adjacent to an activating group) is 1. The Labute approximate surface area is 135 Å². The molecule has 1 N–H and O–H groups in total. The molecule has 22 heavy (non-hydrogen) atoms. The molecule has 4 rings (SSSR count). The number of aromatic nitrogens is 1. The third-order valence-corrected chi connectivity index (χ3v) is 5.48. The van der Waals surface area contributed by atoms with Gasteiger partial charge in [0.05, 0.1) is 5.52 Å². The van der Waals surface area contributed by atoms with Gasteiger partial charge in [-0.15, -0.1) is 0 Å². The summed E-state index contributed by atoms with van der Waals surface area (Å²) in [4.78, 5) is 8.70. The molecule has 0 saturated heterocycles. The fourth-order valence-electron chi connectivity index (χ4n) is 3.16. The lowest BCUT2D eigenvalue weighted by Crippen LogP contribution is -2.25.